The summed E-state index contributed by atoms with van der Waals surface area (Å²) < 4.78 is 0. The van der Waals surface area contributed by atoms with Crippen molar-refractivity contribution in [2.75, 3.05) is 13.1 Å². The molecule has 0 amide bonds. The maximum absolute atomic E-state index is 9.55. The third kappa shape index (κ3) is 7.74. The normalized spacial score (nSPS) is 16.8. The van der Waals surface area contributed by atoms with Crippen molar-refractivity contribution in [1.29, 1.82) is 0 Å². The average Bonchev–Trinajstić information content (AvgIpc) is 3.08. The van der Waals surface area contributed by atoms with Crippen LogP contribution in [0.15, 0.2) is 30.4 Å². The predicted molar refractivity (Wildman–Crippen MR) is 103 cm³/mol. The van der Waals surface area contributed by atoms with Crippen LogP contribution in [-0.2, 0) is 16.1 Å². The monoisotopic (exact) mass is 402 g/mol. The van der Waals surface area contributed by atoms with E-state index in [2.05, 4.69) is 30.1 Å². The van der Waals surface area contributed by atoms with Gasteiger partial charge in [-0.25, -0.2) is 9.59 Å². The molecule has 0 saturated carbocycles. The summed E-state index contributed by atoms with van der Waals surface area (Å²) in [6, 6.07) is 6.97. The summed E-state index contributed by atoms with van der Waals surface area (Å²) in [7, 11) is 0. The second-order valence-corrected chi connectivity index (χ2v) is 6.92. The molecular formula is C18H24Cl2N2O4. The number of hydrogen-bond donors (Lipinski definition) is 3. The van der Waals surface area contributed by atoms with Gasteiger partial charge in [0.2, 0.25) is 0 Å². The number of nitrogens with zero attached hydrogens (tertiary/aromatic N) is 1. The molecule has 2 rings (SSSR count). The van der Waals surface area contributed by atoms with Crippen molar-refractivity contribution in [3.63, 3.8) is 0 Å². The number of carboxylic acids is 2. The highest BCUT2D eigenvalue weighted by molar-refractivity contribution is 6.42. The van der Waals surface area contributed by atoms with Crippen molar-refractivity contribution < 1.29 is 19.8 Å². The quantitative estimate of drug-likeness (QED) is 0.632. The van der Waals surface area contributed by atoms with E-state index in [-0.39, 0.29) is 0 Å². The van der Waals surface area contributed by atoms with Gasteiger partial charge in [0.1, 0.15) is 0 Å². The lowest BCUT2D eigenvalue weighted by atomic mass is 10.1. The second kappa shape index (κ2) is 11.2. The fraction of sp³-hybridized carbons (Fsp3) is 0.444. The minimum Gasteiger partial charge on any atom is -0.478 e. The third-order valence-corrected chi connectivity index (χ3v) is 4.78. The molecule has 0 radical (unpaired) electrons. The maximum Gasteiger partial charge on any atom is 0.328 e. The van der Waals surface area contributed by atoms with Gasteiger partial charge in [-0.1, -0.05) is 35.3 Å². The largest absolute Gasteiger partial charge is 0.478 e. The topological polar surface area (TPSA) is 89.9 Å². The van der Waals surface area contributed by atoms with E-state index in [1.54, 1.807) is 0 Å². The Hall–Kier alpha value is -1.60. The summed E-state index contributed by atoms with van der Waals surface area (Å²) in [5.74, 6) is -2.51. The van der Waals surface area contributed by atoms with Crippen molar-refractivity contribution in [1.82, 2.24) is 10.2 Å². The highest BCUT2D eigenvalue weighted by Crippen LogP contribution is 2.28. The number of hydrogen-bond acceptors (Lipinski definition) is 4. The van der Waals surface area contributed by atoms with Crippen molar-refractivity contribution >= 4 is 35.1 Å². The van der Waals surface area contributed by atoms with Gasteiger partial charge in [0.25, 0.3) is 0 Å². The van der Waals surface area contributed by atoms with Gasteiger partial charge in [0, 0.05) is 37.3 Å². The minimum absolute atomic E-state index is 0.505. The van der Waals surface area contributed by atoms with Crippen LogP contribution in [-0.4, -0.2) is 52.2 Å². The molecule has 6 nitrogen and oxygen atoms in total. The molecule has 0 aromatic heterocycles. The summed E-state index contributed by atoms with van der Waals surface area (Å²) in [5, 5.41) is 20.4. The maximum atomic E-state index is 9.55. The Morgan fingerprint density at radius 1 is 1.27 bits per heavy atom. The van der Waals surface area contributed by atoms with E-state index in [9.17, 15) is 9.59 Å². The molecule has 1 aliphatic rings. The molecule has 1 aliphatic heterocycles. The average molecular weight is 403 g/mol. The number of nitrogens with one attached hydrogen (secondary N) is 1. The Kier molecular flexibility index (Phi) is 9.65. The lowest BCUT2D eigenvalue weighted by Gasteiger charge is -2.32. The SMILES string of the molecule is CC(C)N(Cc1cccc(Cl)c1Cl)[C@H]1CCNC1.O=C(O)/C=C/C(=O)O. The van der Waals surface area contributed by atoms with Gasteiger partial charge >= 0.3 is 11.9 Å². The smallest absolute Gasteiger partial charge is 0.328 e. The summed E-state index contributed by atoms with van der Waals surface area (Å²) >= 11 is 12.3. The highest BCUT2D eigenvalue weighted by atomic mass is 35.5. The molecule has 1 saturated heterocycles. The summed E-state index contributed by atoms with van der Waals surface area (Å²) in [6.45, 7) is 7.50. The van der Waals surface area contributed by atoms with Gasteiger partial charge in [0.15, 0.2) is 0 Å². The van der Waals surface area contributed by atoms with Gasteiger partial charge in [-0.3, -0.25) is 4.90 Å². The summed E-state index contributed by atoms with van der Waals surface area (Å²) in [6.07, 6.45) is 2.32. The first-order chi connectivity index (χ1) is 12.2. The van der Waals surface area contributed by atoms with E-state index in [0.29, 0.717) is 34.3 Å². The Balaban J connectivity index is 0.000000359. The van der Waals surface area contributed by atoms with Gasteiger partial charge in [-0.2, -0.15) is 0 Å². The van der Waals surface area contributed by atoms with Crippen LogP contribution < -0.4 is 5.32 Å². The molecule has 0 aliphatic carbocycles. The molecule has 8 heteroatoms. The lowest BCUT2D eigenvalue weighted by Crippen LogP contribution is -2.41. The van der Waals surface area contributed by atoms with E-state index in [0.717, 1.165) is 25.2 Å². The number of benzene rings is 1. The Morgan fingerprint density at radius 2 is 1.88 bits per heavy atom. The van der Waals surface area contributed by atoms with Crippen LogP contribution in [0, 0.1) is 0 Å². The molecule has 3 N–H and O–H groups in total. The molecular weight excluding hydrogens is 379 g/mol. The zero-order valence-electron chi connectivity index (χ0n) is 14.8. The molecule has 1 atom stereocenters. The number of carboxylic acid groups (broad SMARTS) is 2. The van der Waals surface area contributed by atoms with E-state index < -0.39 is 11.9 Å². The second-order valence-electron chi connectivity index (χ2n) is 6.14. The lowest BCUT2D eigenvalue weighted by molar-refractivity contribution is -0.134. The van der Waals surface area contributed by atoms with Crippen LogP contribution >= 0.6 is 23.2 Å². The molecule has 1 fully saturated rings. The first-order valence-electron chi connectivity index (χ1n) is 8.25. The first kappa shape index (κ1) is 22.4. The van der Waals surface area contributed by atoms with Crippen molar-refractivity contribution in [3.8, 4) is 0 Å². The fourth-order valence-electron chi connectivity index (χ4n) is 2.67. The van der Waals surface area contributed by atoms with E-state index >= 15 is 0 Å². The standard InChI is InChI=1S/C14H20Cl2N2.C4H4O4/c1-10(2)18(12-6-7-17-8-12)9-11-4-3-5-13(15)14(11)16;5-3(6)1-2-4(7)8/h3-5,10,12,17H,6-9H2,1-2H3;1-2H,(H,5,6)(H,7,8)/b;2-1+/t12-;/m0./s1. The molecule has 26 heavy (non-hydrogen) atoms. The number of halogens is 2. The Bertz CT molecular complexity index is 628. The molecule has 1 heterocycles. The van der Waals surface area contributed by atoms with Gasteiger partial charge in [-0.05, 0) is 38.4 Å². The highest BCUT2D eigenvalue weighted by Gasteiger charge is 2.25. The van der Waals surface area contributed by atoms with Gasteiger partial charge in [0.05, 0.1) is 10.0 Å². The van der Waals surface area contributed by atoms with Crippen LogP contribution in [0.1, 0.15) is 25.8 Å². The van der Waals surface area contributed by atoms with Crippen LogP contribution in [0.3, 0.4) is 0 Å². The molecule has 0 spiro atoms. The molecule has 0 unspecified atom stereocenters. The van der Waals surface area contributed by atoms with Gasteiger partial charge in [-0.15, -0.1) is 0 Å². The zero-order valence-corrected chi connectivity index (χ0v) is 16.3. The van der Waals surface area contributed by atoms with Crippen molar-refractivity contribution in [2.24, 2.45) is 0 Å². The van der Waals surface area contributed by atoms with Crippen molar-refractivity contribution in [3.05, 3.63) is 46.0 Å². The van der Waals surface area contributed by atoms with Gasteiger partial charge < -0.3 is 15.5 Å². The Morgan fingerprint density at radius 3 is 2.35 bits per heavy atom. The first-order valence-corrected chi connectivity index (χ1v) is 9.01. The van der Waals surface area contributed by atoms with Crippen LogP contribution in [0.4, 0.5) is 0 Å². The summed E-state index contributed by atoms with van der Waals surface area (Å²) in [5.41, 5.74) is 1.12. The van der Waals surface area contributed by atoms with E-state index in [4.69, 9.17) is 33.4 Å². The third-order valence-electron chi connectivity index (χ3n) is 3.92. The number of carbonyl (C=O) groups is 2. The Labute approximate surface area is 163 Å². The molecule has 1 aromatic rings. The fourth-order valence-corrected chi connectivity index (χ4v) is 3.05. The van der Waals surface area contributed by atoms with E-state index in [1.165, 1.54) is 6.42 Å². The minimum atomic E-state index is -1.26. The number of aliphatic carboxylic acids is 2. The molecule has 0 bridgehead atoms. The summed E-state index contributed by atoms with van der Waals surface area (Å²) in [4.78, 5) is 21.6. The zero-order chi connectivity index (χ0) is 19.7. The van der Waals surface area contributed by atoms with Crippen LogP contribution in [0.5, 0.6) is 0 Å². The number of rotatable bonds is 6. The predicted octanol–water partition coefficient (Wildman–Crippen LogP) is 3.28. The molecule has 144 valence electrons. The molecule has 1 aromatic carbocycles. The van der Waals surface area contributed by atoms with Crippen LogP contribution in [0.2, 0.25) is 10.0 Å². The van der Waals surface area contributed by atoms with Crippen molar-refractivity contribution in [2.45, 2.75) is 38.9 Å². The van der Waals surface area contributed by atoms with E-state index in [1.807, 2.05) is 12.1 Å². The van der Waals surface area contributed by atoms with Crippen LogP contribution in [0.25, 0.3) is 0 Å².